The van der Waals surface area contributed by atoms with Gasteiger partial charge in [0.1, 0.15) is 5.60 Å². The van der Waals surface area contributed by atoms with Crippen molar-refractivity contribution >= 4 is 11.8 Å². The molecule has 2 unspecified atom stereocenters. The highest BCUT2D eigenvalue weighted by Crippen LogP contribution is 2.20. The lowest BCUT2D eigenvalue weighted by Crippen LogP contribution is -2.46. The van der Waals surface area contributed by atoms with Crippen LogP contribution in [0.1, 0.15) is 20.3 Å². The molecule has 1 fully saturated rings. The van der Waals surface area contributed by atoms with E-state index < -0.39 is 12.2 Å². The first-order valence-electron chi connectivity index (χ1n) is 4.55. The fourth-order valence-electron chi connectivity index (χ4n) is 1.41. The van der Waals surface area contributed by atoms with Crippen LogP contribution in [0.25, 0.3) is 0 Å². The number of likely N-dealkylation sites (tertiary alicyclic amines) is 1. The summed E-state index contributed by atoms with van der Waals surface area (Å²) in [5, 5.41) is 18.3. The third kappa shape index (κ3) is 2.10. The van der Waals surface area contributed by atoms with Gasteiger partial charge < -0.3 is 10.2 Å². The van der Waals surface area contributed by atoms with Crippen LogP contribution in [0.5, 0.6) is 0 Å². The SMILES string of the molecule is CC1CC(=O)N(CC(C)(O)CO)C1=O. The van der Waals surface area contributed by atoms with Crippen LogP contribution in [0, 0.1) is 5.92 Å². The fraction of sp³-hybridized carbons (Fsp3) is 0.778. The Morgan fingerprint density at radius 2 is 2.14 bits per heavy atom. The van der Waals surface area contributed by atoms with Crippen LogP contribution in [0.15, 0.2) is 0 Å². The van der Waals surface area contributed by atoms with Gasteiger partial charge in [0.25, 0.3) is 0 Å². The van der Waals surface area contributed by atoms with Crippen molar-refractivity contribution in [2.24, 2.45) is 5.92 Å². The van der Waals surface area contributed by atoms with Gasteiger partial charge in [0.15, 0.2) is 0 Å². The summed E-state index contributed by atoms with van der Waals surface area (Å²) in [6.45, 7) is 2.45. The number of hydrogen-bond acceptors (Lipinski definition) is 4. The Morgan fingerprint density at radius 1 is 1.57 bits per heavy atom. The van der Waals surface area contributed by atoms with Crippen LogP contribution in [0.2, 0.25) is 0 Å². The summed E-state index contributed by atoms with van der Waals surface area (Å²) in [7, 11) is 0. The summed E-state index contributed by atoms with van der Waals surface area (Å²) < 4.78 is 0. The molecule has 5 heteroatoms. The van der Waals surface area contributed by atoms with Gasteiger partial charge >= 0.3 is 0 Å². The topological polar surface area (TPSA) is 77.8 Å². The fourth-order valence-corrected chi connectivity index (χ4v) is 1.41. The zero-order valence-corrected chi connectivity index (χ0v) is 8.36. The summed E-state index contributed by atoms with van der Waals surface area (Å²) in [6.07, 6.45) is 0.195. The first-order valence-corrected chi connectivity index (χ1v) is 4.55. The van der Waals surface area contributed by atoms with Crippen LogP contribution >= 0.6 is 0 Å². The first kappa shape index (κ1) is 11.1. The van der Waals surface area contributed by atoms with Crippen LogP contribution in [0.4, 0.5) is 0 Å². The van der Waals surface area contributed by atoms with E-state index in [9.17, 15) is 14.7 Å². The molecule has 2 amide bonds. The molecule has 0 saturated carbocycles. The van der Waals surface area contributed by atoms with Crippen molar-refractivity contribution in [2.75, 3.05) is 13.2 Å². The molecule has 1 heterocycles. The standard InChI is InChI=1S/C9H15NO4/c1-6-3-7(12)10(8(6)13)4-9(2,14)5-11/h6,11,14H,3-5H2,1-2H3. The normalized spacial score (nSPS) is 26.9. The average Bonchev–Trinajstić information content (AvgIpc) is 2.32. The van der Waals surface area contributed by atoms with E-state index in [1.807, 2.05) is 0 Å². The summed E-state index contributed by atoms with van der Waals surface area (Å²) in [4.78, 5) is 23.7. The Labute approximate surface area is 82.3 Å². The molecule has 0 bridgehead atoms. The number of aliphatic hydroxyl groups excluding tert-OH is 1. The van der Waals surface area contributed by atoms with Gasteiger partial charge in [-0.2, -0.15) is 0 Å². The Morgan fingerprint density at radius 3 is 2.50 bits per heavy atom. The molecule has 2 atom stereocenters. The molecular formula is C9H15NO4. The second-order valence-electron chi connectivity index (χ2n) is 4.08. The van der Waals surface area contributed by atoms with Gasteiger partial charge in [0.2, 0.25) is 11.8 Å². The van der Waals surface area contributed by atoms with Crippen LogP contribution in [-0.2, 0) is 9.59 Å². The van der Waals surface area contributed by atoms with E-state index in [1.54, 1.807) is 6.92 Å². The van der Waals surface area contributed by atoms with E-state index in [-0.39, 0.29) is 30.7 Å². The largest absolute Gasteiger partial charge is 0.393 e. The molecule has 0 aromatic heterocycles. The highest BCUT2D eigenvalue weighted by molar-refractivity contribution is 6.03. The molecular weight excluding hydrogens is 186 g/mol. The molecule has 80 valence electrons. The van der Waals surface area contributed by atoms with Gasteiger partial charge in [0.05, 0.1) is 13.2 Å². The van der Waals surface area contributed by atoms with Crippen molar-refractivity contribution in [2.45, 2.75) is 25.9 Å². The van der Waals surface area contributed by atoms with Crippen LogP contribution in [-0.4, -0.2) is 45.7 Å². The lowest BCUT2D eigenvalue weighted by atomic mass is 10.1. The molecule has 5 nitrogen and oxygen atoms in total. The predicted octanol–water partition coefficient (Wildman–Crippen LogP) is -0.875. The van der Waals surface area contributed by atoms with Gasteiger partial charge in [0, 0.05) is 12.3 Å². The van der Waals surface area contributed by atoms with Crippen molar-refractivity contribution < 1.29 is 19.8 Å². The molecule has 0 aliphatic carbocycles. The Bertz CT molecular complexity index is 262. The maximum absolute atomic E-state index is 11.4. The van der Waals surface area contributed by atoms with E-state index in [0.717, 1.165) is 4.90 Å². The lowest BCUT2D eigenvalue weighted by molar-refractivity contribution is -0.144. The molecule has 0 aromatic carbocycles. The number of β-amino-alcohol motifs (C(OH)–C–C–N with tert-alkyl or cyclic N) is 1. The van der Waals surface area contributed by atoms with Crippen molar-refractivity contribution in [1.82, 2.24) is 4.90 Å². The van der Waals surface area contributed by atoms with Crippen LogP contribution < -0.4 is 0 Å². The Balaban J connectivity index is 2.70. The summed E-state index contributed by atoms with van der Waals surface area (Å²) >= 11 is 0. The molecule has 14 heavy (non-hydrogen) atoms. The number of nitrogens with zero attached hydrogens (tertiary/aromatic N) is 1. The summed E-state index contributed by atoms with van der Waals surface area (Å²) in [5.74, 6) is -0.864. The highest BCUT2D eigenvalue weighted by Gasteiger charge is 2.38. The molecule has 0 aromatic rings. The van der Waals surface area contributed by atoms with E-state index in [4.69, 9.17) is 5.11 Å². The van der Waals surface area contributed by atoms with Gasteiger partial charge in [-0.1, -0.05) is 6.92 Å². The predicted molar refractivity (Wildman–Crippen MR) is 48.2 cm³/mol. The van der Waals surface area contributed by atoms with Crippen LogP contribution in [0.3, 0.4) is 0 Å². The number of carbonyl (C=O) groups is 2. The van der Waals surface area contributed by atoms with Crippen molar-refractivity contribution in [3.8, 4) is 0 Å². The van der Waals surface area contributed by atoms with Gasteiger partial charge in [-0.3, -0.25) is 14.5 Å². The average molecular weight is 201 g/mol. The maximum Gasteiger partial charge on any atom is 0.232 e. The second-order valence-corrected chi connectivity index (χ2v) is 4.08. The highest BCUT2D eigenvalue weighted by atomic mass is 16.3. The quantitative estimate of drug-likeness (QED) is 0.581. The Kier molecular flexibility index (Phi) is 2.92. The molecule has 1 saturated heterocycles. The summed E-state index contributed by atoms with van der Waals surface area (Å²) in [5.41, 5.74) is -1.41. The molecule has 0 spiro atoms. The minimum Gasteiger partial charge on any atom is -0.393 e. The van der Waals surface area contributed by atoms with E-state index >= 15 is 0 Å². The van der Waals surface area contributed by atoms with Crippen molar-refractivity contribution in [3.05, 3.63) is 0 Å². The number of imide groups is 1. The monoisotopic (exact) mass is 201 g/mol. The molecule has 1 aliphatic rings. The number of amides is 2. The smallest absolute Gasteiger partial charge is 0.232 e. The summed E-state index contributed by atoms with van der Waals surface area (Å²) in [6, 6.07) is 0. The second kappa shape index (κ2) is 3.67. The van der Waals surface area contributed by atoms with E-state index in [2.05, 4.69) is 0 Å². The first-order chi connectivity index (χ1) is 6.37. The molecule has 0 radical (unpaired) electrons. The zero-order valence-electron chi connectivity index (χ0n) is 8.36. The zero-order chi connectivity index (χ0) is 10.9. The number of hydrogen-bond donors (Lipinski definition) is 2. The van der Waals surface area contributed by atoms with E-state index in [1.165, 1.54) is 6.92 Å². The molecule has 1 rings (SSSR count). The minimum atomic E-state index is -1.41. The number of carbonyl (C=O) groups excluding carboxylic acids is 2. The van der Waals surface area contributed by atoms with Gasteiger partial charge in [-0.15, -0.1) is 0 Å². The van der Waals surface area contributed by atoms with E-state index in [0.29, 0.717) is 0 Å². The Hall–Kier alpha value is -0.940. The maximum atomic E-state index is 11.4. The molecule has 1 aliphatic heterocycles. The van der Waals surface area contributed by atoms with Gasteiger partial charge in [-0.05, 0) is 6.92 Å². The number of aliphatic hydroxyl groups is 2. The van der Waals surface area contributed by atoms with Crippen molar-refractivity contribution in [3.63, 3.8) is 0 Å². The minimum absolute atomic E-state index is 0.133. The molecule has 2 N–H and O–H groups in total. The number of rotatable bonds is 3. The van der Waals surface area contributed by atoms with Gasteiger partial charge in [-0.25, -0.2) is 0 Å². The third-order valence-electron chi connectivity index (χ3n) is 2.31. The van der Waals surface area contributed by atoms with Crippen molar-refractivity contribution in [1.29, 1.82) is 0 Å². The lowest BCUT2D eigenvalue weighted by Gasteiger charge is -2.25. The third-order valence-corrected chi connectivity index (χ3v) is 2.31.